The molecule has 0 radical (unpaired) electrons. The molecule has 1 fully saturated rings. The Hall–Kier alpha value is -3.86. The van der Waals surface area contributed by atoms with Crippen LogP contribution in [0.15, 0.2) is 71.8 Å². The summed E-state index contributed by atoms with van der Waals surface area (Å²) in [6, 6.07) is 19.6. The molecule has 4 rings (SSSR count). The van der Waals surface area contributed by atoms with E-state index in [-0.39, 0.29) is 18.1 Å². The molecular weight excluding hydrogens is 552 g/mol. The average Bonchev–Trinajstić information content (AvgIpc) is 3.02. The van der Waals surface area contributed by atoms with Crippen molar-refractivity contribution in [3.05, 3.63) is 89.0 Å². The predicted molar refractivity (Wildman–Crippen MR) is 168 cm³/mol. The number of thioether (sulfide) groups is 1. The van der Waals surface area contributed by atoms with E-state index in [0.717, 1.165) is 36.5 Å². The van der Waals surface area contributed by atoms with Crippen LogP contribution in [0.3, 0.4) is 0 Å². The average molecular weight is 591 g/mol. The Morgan fingerprint density at radius 2 is 1.79 bits per heavy atom. The van der Waals surface area contributed by atoms with Crippen LogP contribution in [0, 0.1) is 0 Å². The Kier molecular flexibility index (Phi) is 12.2. The van der Waals surface area contributed by atoms with Gasteiger partial charge in [-0.2, -0.15) is 16.9 Å². The van der Waals surface area contributed by atoms with Crippen molar-refractivity contribution < 1.29 is 24.2 Å². The number of carbonyl (C=O) groups excluding carboxylic acids is 2. The summed E-state index contributed by atoms with van der Waals surface area (Å²) in [6.45, 7) is 3.59. The lowest BCUT2D eigenvalue weighted by Crippen LogP contribution is -2.33. The lowest BCUT2D eigenvalue weighted by atomic mass is 10.1. The first-order valence-corrected chi connectivity index (χ1v) is 15.3. The van der Waals surface area contributed by atoms with E-state index in [9.17, 15) is 9.59 Å². The molecule has 42 heavy (non-hydrogen) atoms. The van der Waals surface area contributed by atoms with Crippen molar-refractivity contribution in [2.45, 2.75) is 25.0 Å². The molecule has 0 bridgehead atoms. The fourth-order valence-corrected chi connectivity index (χ4v) is 5.24. The van der Waals surface area contributed by atoms with Gasteiger partial charge in [-0.1, -0.05) is 18.6 Å². The van der Waals surface area contributed by atoms with Gasteiger partial charge in [0, 0.05) is 23.6 Å². The molecule has 0 spiro atoms. The van der Waals surface area contributed by atoms with Crippen molar-refractivity contribution in [1.82, 2.24) is 10.3 Å². The number of likely N-dealkylation sites (tertiary alicyclic amines) is 1. The van der Waals surface area contributed by atoms with E-state index in [4.69, 9.17) is 14.6 Å². The maximum absolute atomic E-state index is 13.3. The second-order valence-corrected chi connectivity index (χ2v) is 11.0. The Morgan fingerprint density at radius 3 is 2.55 bits per heavy atom. The fraction of sp³-hybridized carbons (Fsp3) is 0.344. The van der Waals surface area contributed by atoms with E-state index in [1.807, 2.05) is 42.5 Å². The molecule has 1 heterocycles. The number of aliphatic hydroxyl groups excluding tert-OH is 1. The Balaban J connectivity index is 1.47. The Labute approximate surface area is 251 Å². The zero-order chi connectivity index (χ0) is 29.6. The molecule has 222 valence electrons. The van der Waals surface area contributed by atoms with Crippen molar-refractivity contribution in [2.24, 2.45) is 5.10 Å². The van der Waals surface area contributed by atoms with Gasteiger partial charge in [-0.15, -0.1) is 0 Å². The summed E-state index contributed by atoms with van der Waals surface area (Å²) in [6.07, 6.45) is 5.23. The third-order valence-corrected chi connectivity index (χ3v) is 7.81. The van der Waals surface area contributed by atoms with Crippen LogP contribution in [0.1, 0.15) is 51.1 Å². The van der Waals surface area contributed by atoms with Gasteiger partial charge in [0.05, 0.1) is 31.2 Å². The summed E-state index contributed by atoms with van der Waals surface area (Å²) < 4.78 is 11.2. The highest BCUT2D eigenvalue weighted by molar-refractivity contribution is 7.98. The quantitative estimate of drug-likeness (QED) is 0.140. The minimum Gasteiger partial charge on any atom is -0.497 e. The number of anilines is 1. The third kappa shape index (κ3) is 9.61. The van der Waals surface area contributed by atoms with Gasteiger partial charge in [0.15, 0.2) is 0 Å². The summed E-state index contributed by atoms with van der Waals surface area (Å²) in [5.41, 5.74) is 5.39. The molecule has 1 aliphatic rings. The number of hydrogen-bond acceptors (Lipinski definition) is 8. The summed E-state index contributed by atoms with van der Waals surface area (Å²) in [5.74, 6) is 1.76. The van der Waals surface area contributed by atoms with E-state index in [1.54, 1.807) is 43.1 Å². The maximum atomic E-state index is 13.3. The molecule has 0 aromatic heterocycles. The second kappa shape index (κ2) is 16.5. The van der Waals surface area contributed by atoms with Gasteiger partial charge in [-0.3, -0.25) is 14.5 Å². The van der Waals surface area contributed by atoms with Gasteiger partial charge in [-0.25, -0.2) is 5.43 Å². The lowest BCUT2D eigenvalue weighted by molar-refractivity contribution is 0.0955. The predicted octanol–water partition coefficient (Wildman–Crippen LogP) is 4.80. The highest BCUT2D eigenvalue weighted by atomic mass is 32.2. The first kappa shape index (κ1) is 31.1. The highest BCUT2D eigenvalue weighted by Gasteiger charge is 2.17. The second-order valence-electron chi connectivity index (χ2n) is 9.86. The number of piperidine rings is 1. The molecule has 0 atom stereocenters. The number of carbonyl (C=O) groups is 2. The molecule has 1 saturated heterocycles. The zero-order valence-electron chi connectivity index (χ0n) is 23.9. The summed E-state index contributed by atoms with van der Waals surface area (Å²) in [4.78, 5) is 28.8. The number of ether oxygens (including phenoxy) is 2. The summed E-state index contributed by atoms with van der Waals surface area (Å²) in [5, 5.41) is 16.0. The van der Waals surface area contributed by atoms with Crippen LogP contribution in [0.25, 0.3) is 0 Å². The Bertz CT molecular complexity index is 1340. The molecule has 3 aromatic rings. The maximum Gasteiger partial charge on any atom is 0.273 e. The van der Waals surface area contributed by atoms with Crippen LogP contribution in [-0.4, -0.2) is 73.7 Å². The number of amides is 2. The van der Waals surface area contributed by atoms with Gasteiger partial charge in [-0.05, 0) is 91.7 Å². The smallest absolute Gasteiger partial charge is 0.273 e. The van der Waals surface area contributed by atoms with Crippen molar-refractivity contribution in [3.8, 4) is 11.5 Å². The van der Waals surface area contributed by atoms with Gasteiger partial charge in [0.2, 0.25) is 0 Å². The first-order valence-electron chi connectivity index (χ1n) is 14.1. The number of nitrogens with one attached hydrogen (secondary N) is 2. The van der Waals surface area contributed by atoms with Crippen LogP contribution in [-0.2, 0) is 5.75 Å². The van der Waals surface area contributed by atoms with Gasteiger partial charge < -0.3 is 19.9 Å². The summed E-state index contributed by atoms with van der Waals surface area (Å²) >= 11 is 1.59. The minimum absolute atomic E-state index is 0.109. The van der Waals surface area contributed by atoms with E-state index in [1.165, 1.54) is 25.5 Å². The van der Waals surface area contributed by atoms with Crippen molar-refractivity contribution >= 4 is 35.5 Å². The molecule has 0 unspecified atom stereocenters. The molecule has 10 heteroatoms. The van der Waals surface area contributed by atoms with Crippen molar-refractivity contribution in [2.75, 3.05) is 51.0 Å². The molecule has 2 amide bonds. The number of nitrogens with zero attached hydrogens (tertiary/aromatic N) is 2. The van der Waals surface area contributed by atoms with E-state index in [2.05, 4.69) is 20.7 Å². The monoisotopic (exact) mass is 590 g/mol. The number of aliphatic hydroxyl groups is 1. The van der Waals surface area contributed by atoms with E-state index >= 15 is 0 Å². The van der Waals surface area contributed by atoms with Gasteiger partial charge in [0.1, 0.15) is 18.1 Å². The van der Waals surface area contributed by atoms with Crippen molar-refractivity contribution in [3.63, 3.8) is 0 Å². The molecule has 1 aliphatic heterocycles. The first-order chi connectivity index (χ1) is 20.6. The topological polar surface area (TPSA) is 112 Å². The molecule has 3 aromatic carbocycles. The molecular formula is C32H38N4O5S. The number of rotatable bonds is 14. The standard InChI is InChI=1S/C32H38N4O5S/c1-40-27-10-8-24(9-11-27)22-33-35-32(39)29-21-28(41-18-16-36-14-3-2-4-15-36)12-13-30(29)34-31(38)26-7-5-6-25(20-26)23-42-19-17-37/h5-13,20-22,37H,2-4,14-19,23H2,1H3,(H,34,38)(H,35,39)/b33-22+. The highest BCUT2D eigenvalue weighted by Crippen LogP contribution is 2.24. The number of hydrogen-bond donors (Lipinski definition) is 3. The normalized spacial score (nSPS) is 13.6. The van der Waals surface area contributed by atoms with Gasteiger partial charge in [0.25, 0.3) is 11.8 Å². The fourth-order valence-electron chi connectivity index (χ4n) is 4.55. The largest absolute Gasteiger partial charge is 0.497 e. The van der Waals surface area contributed by atoms with Crippen LogP contribution >= 0.6 is 11.8 Å². The van der Waals surface area contributed by atoms with Gasteiger partial charge >= 0.3 is 0 Å². The lowest BCUT2D eigenvalue weighted by Gasteiger charge is -2.26. The number of methoxy groups -OCH3 is 1. The van der Waals surface area contributed by atoms with Crippen molar-refractivity contribution in [1.29, 1.82) is 0 Å². The third-order valence-electron chi connectivity index (χ3n) is 6.80. The van der Waals surface area contributed by atoms with Crippen LogP contribution in [0.5, 0.6) is 11.5 Å². The SMILES string of the molecule is COc1ccc(/C=N/NC(=O)c2cc(OCCN3CCCCC3)ccc2NC(=O)c2cccc(CSCCO)c2)cc1. The van der Waals surface area contributed by atoms with Crippen LogP contribution < -0.4 is 20.2 Å². The Morgan fingerprint density at radius 1 is 1.00 bits per heavy atom. The zero-order valence-corrected chi connectivity index (χ0v) is 24.7. The summed E-state index contributed by atoms with van der Waals surface area (Å²) in [7, 11) is 1.60. The minimum atomic E-state index is -0.481. The molecule has 0 saturated carbocycles. The number of hydrazone groups is 1. The van der Waals surface area contributed by atoms with Crippen LogP contribution in [0.4, 0.5) is 5.69 Å². The number of benzene rings is 3. The molecule has 3 N–H and O–H groups in total. The molecule has 0 aliphatic carbocycles. The van der Waals surface area contributed by atoms with E-state index in [0.29, 0.717) is 35.1 Å². The van der Waals surface area contributed by atoms with E-state index < -0.39 is 5.91 Å². The van der Waals surface area contributed by atoms with Crippen LogP contribution in [0.2, 0.25) is 0 Å². The molecule has 9 nitrogen and oxygen atoms in total.